The SMILES string of the molecule is COc1ccc(N2C[C@H](C)Cn3c2nc2c3c(=O)n(CCC(C)C)c(=O)n2C)c(OC)c1. The largest absolute Gasteiger partial charge is 0.497 e. The Kier molecular flexibility index (Phi) is 5.75. The average molecular weight is 442 g/mol. The molecule has 32 heavy (non-hydrogen) atoms. The number of fused-ring (bicyclic) bond motifs is 3. The first kappa shape index (κ1) is 22.0. The molecule has 2 aromatic heterocycles. The molecule has 1 aliphatic heterocycles. The molecular formula is C23H31N5O4. The van der Waals surface area contributed by atoms with Crippen LogP contribution in [0.2, 0.25) is 0 Å². The lowest BCUT2D eigenvalue weighted by Crippen LogP contribution is -2.40. The summed E-state index contributed by atoms with van der Waals surface area (Å²) in [5.41, 5.74) is 1.09. The zero-order valence-electron chi connectivity index (χ0n) is 19.6. The van der Waals surface area contributed by atoms with Gasteiger partial charge in [0.15, 0.2) is 11.2 Å². The van der Waals surface area contributed by atoms with Crippen LogP contribution >= 0.6 is 0 Å². The molecule has 0 bridgehead atoms. The van der Waals surface area contributed by atoms with Gasteiger partial charge in [-0.05, 0) is 30.4 Å². The number of anilines is 2. The van der Waals surface area contributed by atoms with Crippen LogP contribution in [0.15, 0.2) is 27.8 Å². The van der Waals surface area contributed by atoms with E-state index in [1.54, 1.807) is 21.3 Å². The van der Waals surface area contributed by atoms with Gasteiger partial charge in [0.05, 0.1) is 19.9 Å². The van der Waals surface area contributed by atoms with Crippen molar-refractivity contribution < 1.29 is 9.47 Å². The fourth-order valence-electron chi connectivity index (χ4n) is 4.30. The molecule has 0 spiro atoms. The molecule has 1 aliphatic rings. The minimum absolute atomic E-state index is 0.257. The number of ether oxygens (including phenoxy) is 2. The van der Waals surface area contributed by atoms with Crippen molar-refractivity contribution in [2.75, 3.05) is 25.7 Å². The summed E-state index contributed by atoms with van der Waals surface area (Å²) in [6.45, 7) is 8.05. The van der Waals surface area contributed by atoms with Crippen LogP contribution in [0.1, 0.15) is 27.2 Å². The van der Waals surface area contributed by atoms with Crippen LogP contribution < -0.4 is 25.6 Å². The summed E-state index contributed by atoms with van der Waals surface area (Å²) < 4.78 is 15.7. The number of aromatic nitrogens is 4. The van der Waals surface area contributed by atoms with Crippen molar-refractivity contribution >= 4 is 22.8 Å². The maximum absolute atomic E-state index is 13.4. The summed E-state index contributed by atoms with van der Waals surface area (Å²) in [5, 5.41) is 0. The van der Waals surface area contributed by atoms with Crippen molar-refractivity contribution in [2.24, 2.45) is 18.9 Å². The quantitative estimate of drug-likeness (QED) is 0.585. The van der Waals surface area contributed by atoms with Gasteiger partial charge in [0, 0.05) is 32.7 Å². The van der Waals surface area contributed by atoms with E-state index >= 15 is 0 Å². The number of imidazole rings is 1. The van der Waals surface area contributed by atoms with Crippen LogP contribution in [-0.4, -0.2) is 39.4 Å². The fraction of sp³-hybridized carbons (Fsp3) is 0.522. The topological polar surface area (TPSA) is 83.5 Å². The van der Waals surface area contributed by atoms with Gasteiger partial charge in [-0.25, -0.2) is 4.79 Å². The Hall–Kier alpha value is -3.23. The number of hydrogen-bond acceptors (Lipinski definition) is 6. The predicted octanol–water partition coefficient (Wildman–Crippen LogP) is 2.75. The van der Waals surface area contributed by atoms with Gasteiger partial charge < -0.3 is 18.9 Å². The molecule has 9 nitrogen and oxygen atoms in total. The van der Waals surface area contributed by atoms with E-state index in [1.165, 1.54) is 9.13 Å². The predicted molar refractivity (Wildman–Crippen MR) is 124 cm³/mol. The summed E-state index contributed by atoms with van der Waals surface area (Å²) in [6, 6.07) is 5.63. The standard InChI is InChI=1S/C23H31N5O4/c1-14(2)9-10-26-21(29)19-20(25(4)23(26)30)24-22-27(12-15(3)13-28(19)22)17-8-7-16(31-5)11-18(17)32-6/h7-8,11,14-15H,9-10,12-13H2,1-6H3/t15-/m0/s1. The first-order valence-electron chi connectivity index (χ1n) is 11.0. The zero-order chi connectivity index (χ0) is 23.2. The fourth-order valence-corrected chi connectivity index (χ4v) is 4.30. The van der Waals surface area contributed by atoms with E-state index in [4.69, 9.17) is 14.5 Å². The first-order valence-corrected chi connectivity index (χ1v) is 11.0. The molecule has 3 heterocycles. The van der Waals surface area contributed by atoms with Crippen molar-refractivity contribution in [3.63, 3.8) is 0 Å². The van der Waals surface area contributed by atoms with E-state index in [2.05, 4.69) is 25.7 Å². The molecule has 0 fully saturated rings. The summed E-state index contributed by atoms with van der Waals surface area (Å²) in [7, 11) is 4.91. The van der Waals surface area contributed by atoms with E-state index in [1.807, 2.05) is 22.8 Å². The van der Waals surface area contributed by atoms with Gasteiger partial charge in [-0.1, -0.05) is 20.8 Å². The van der Waals surface area contributed by atoms with Crippen LogP contribution in [0.25, 0.3) is 11.2 Å². The van der Waals surface area contributed by atoms with E-state index in [0.29, 0.717) is 54.2 Å². The van der Waals surface area contributed by atoms with Gasteiger partial charge in [-0.2, -0.15) is 4.98 Å². The number of methoxy groups -OCH3 is 2. The Bertz CT molecular complexity index is 1270. The summed E-state index contributed by atoms with van der Waals surface area (Å²) >= 11 is 0. The lowest BCUT2D eigenvalue weighted by molar-refractivity contribution is 0.392. The maximum Gasteiger partial charge on any atom is 0.332 e. The molecule has 172 valence electrons. The highest BCUT2D eigenvalue weighted by Gasteiger charge is 2.31. The second-order valence-corrected chi connectivity index (χ2v) is 8.93. The zero-order valence-corrected chi connectivity index (χ0v) is 19.6. The normalized spacial score (nSPS) is 16.0. The third kappa shape index (κ3) is 3.55. The Labute approximate surface area is 186 Å². The van der Waals surface area contributed by atoms with E-state index in [9.17, 15) is 9.59 Å². The molecular weight excluding hydrogens is 410 g/mol. The number of rotatable bonds is 6. The van der Waals surface area contributed by atoms with Crippen molar-refractivity contribution in [3.05, 3.63) is 39.0 Å². The molecule has 9 heteroatoms. The van der Waals surface area contributed by atoms with Gasteiger partial charge >= 0.3 is 5.69 Å². The minimum Gasteiger partial charge on any atom is -0.497 e. The number of nitrogens with zero attached hydrogens (tertiary/aromatic N) is 5. The number of benzene rings is 1. The first-order chi connectivity index (χ1) is 15.3. The van der Waals surface area contributed by atoms with Gasteiger partial charge in [-0.15, -0.1) is 0 Å². The lowest BCUT2D eigenvalue weighted by Gasteiger charge is -2.33. The van der Waals surface area contributed by atoms with Crippen molar-refractivity contribution in [1.82, 2.24) is 18.7 Å². The molecule has 0 saturated heterocycles. The Morgan fingerprint density at radius 2 is 1.91 bits per heavy atom. The number of hydrogen-bond donors (Lipinski definition) is 0. The second-order valence-electron chi connectivity index (χ2n) is 8.93. The molecule has 0 saturated carbocycles. The molecule has 0 aliphatic carbocycles. The van der Waals surface area contributed by atoms with Crippen molar-refractivity contribution in [3.8, 4) is 11.5 Å². The average Bonchev–Trinajstić information content (AvgIpc) is 3.16. The third-order valence-electron chi connectivity index (χ3n) is 6.05. The second kappa shape index (κ2) is 8.37. The number of aryl methyl sites for hydroxylation is 1. The minimum atomic E-state index is -0.333. The van der Waals surface area contributed by atoms with Gasteiger partial charge in [0.25, 0.3) is 5.56 Å². The highest BCUT2D eigenvalue weighted by Crippen LogP contribution is 2.39. The molecule has 1 aromatic carbocycles. The molecule has 1 atom stereocenters. The molecule has 0 N–H and O–H groups in total. The summed E-state index contributed by atoms with van der Waals surface area (Å²) in [6.07, 6.45) is 0.757. The molecule has 3 aromatic rings. The van der Waals surface area contributed by atoms with Crippen molar-refractivity contribution in [2.45, 2.75) is 40.3 Å². The van der Waals surface area contributed by atoms with Gasteiger partial charge in [0.1, 0.15) is 11.5 Å². The smallest absolute Gasteiger partial charge is 0.332 e. The van der Waals surface area contributed by atoms with Crippen LogP contribution in [0, 0.1) is 11.8 Å². The lowest BCUT2D eigenvalue weighted by atomic mass is 10.1. The summed E-state index contributed by atoms with van der Waals surface area (Å²) in [5.74, 6) is 2.63. The summed E-state index contributed by atoms with van der Waals surface area (Å²) in [4.78, 5) is 33.2. The van der Waals surface area contributed by atoms with E-state index in [0.717, 1.165) is 12.1 Å². The highest BCUT2D eigenvalue weighted by molar-refractivity contribution is 5.78. The molecule has 0 radical (unpaired) electrons. The van der Waals surface area contributed by atoms with Gasteiger partial charge in [-0.3, -0.25) is 13.9 Å². The maximum atomic E-state index is 13.4. The van der Waals surface area contributed by atoms with Crippen LogP contribution in [-0.2, 0) is 20.1 Å². The molecule has 0 unspecified atom stereocenters. The monoisotopic (exact) mass is 441 g/mol. The Morgan fingerprint density at radius 3 is 2.56 bits per heavy atom. The Balaban J connectivity index is 1.94. The Morgan fingerprint density at radius 1 is 1.16 bits per heavy atom. The van der Waals surface area contributed by atoms with E-state index < -0.39 is 0 Å². The van der Waals surface area contributed by atoms with Crippen molar-refractivity contribution in [1.29, 1.82) is 0 Å². The van der Waals surface area contributed by atoms with Gasteiger partial charge in [0.2, 0.25) is 5.95 Å². The van der Waals surface area contributed by atoms with Crippen LogP contribution in [0.3, 0.4) is 0 Å². The molecule has 4 rings (SSSR count). The molecule has 0 amide bonds. The van der Waals surface area contributed by atoms with E-state index in [-0.39, 0.29) is 17.2 Å². The third-order valence-corrected chi connectivity index (χ3v) is 6.05. The van der Waals surface area contributed by atoms with Crippen LogP contribution in [0.5, 0.6) is 11.5 Å². The highest BCUT2D eigenvalue weighted by atomic mass is 16.5. The van der Waals surface area contributed by atoms with Crippen LogP contribution in [0.4, 0.5) is 11.6 Å².